The van der Waals surface area contributed by atoms with Crippen LogP contribution in [0.15, 0.2) is 89.7 Å². The van der Waals surface area contributed by atoms with Crippen LogP contribution in [0.2, 0.25) is 0 Å². The van der Waals surface area contributed by atoms with Gasteiger partial charge in [-0.2, -0.15) is 13.2 Å². The van der Waals surface area contributed by atoms with E-state index in [9.17, 15) is 18.0 Å². The summed E-state index contributed by atoms with van der Waals surface area (Å²) >= 11 is 0. The maximum Gasteiger partial charge on any atom is 0.416 e. The zero-order valence-corrected chi connectivity index (χ0v) is 20.4. The molecule has 0 N–H and O–H groups in total. The Morgan fingerprint density at radius 1 is 0.865 bits per heavy atom. The first-order chi connectivity index (χ1) is 17.8. The Morgan fingerprint density at radius 3 is 2.22 bits per heavy atom. The molecule has 5 rings (SSSR count). The normalized spacial score (nSPS) is 14.0. The van der Waals surface area contributed by atoms with Crippen LogP contribution in [0.25, 0.3) is 0 Å². The van der Waals surface area contributed by atoms with E-state index in [2.05, 4.69) is 4.90 Å². The van der Waals surface area contributed by atoms with Crippen LogP contribution in [-0.4, -0.2) is 27.7 Å². The van der Waals surface area contributed by atoms with E-state index in [4.69, 9.17) is 4.98 Å². The number of hydrogen-bond acceptors (Lipinski definition) is 4. The highest BCUT2D eigenvalue weighted by molar-refractivity contribution is 5.60. The molecule has 2 heterocycles. The molecule has 5 nitrogen and oxygen atoms in total. The lowest BCUT2D eigenvalue weighted by Crippen LogP contribution is -2.48. The van der Waals surface area contributed by atoms with E-state index in [1.807, 2.05) is 60.7 Å². The van der Waals surface area contributed by atoms with Crippen molar-refractivity contribution in [3.63, 3.8) is 0 Å². The molecule has 0 atom stereocenters. The number of alkyl halides is 3. The summed E-state index contributed by atoms with van der Waals surface area (Å²) in [5.41, 5.74) is 2.74. The monoisotopic (exact) mass is 504 g/mol. The molecule has 37 heavy (non-hydrogen) atoms. The second-order valence-electron chi connectivity index (χ2n) is 9.26. The molecule has 0 fully saturated rings. The van der Waals surface area contributed by atoms with Crippen molar-refractivity contribution in [1.82, 2.24) is 14.5 Å². The van der Waals surface area contributed by atoms with Crippen molar-refractivity contribution in [3.05, 3.63) is 123 Å². The second-order valence-corrected chi connectivity index (χ2v) is 9.26. The van der Waals surface area contributed by atoms with Crippen molar-refractivity contribution in [1.29, 1.82) is 0 Å². The molecule has 0 unspecified atom stereocenters. The summed E-state index contributed by atoms with van der Waals surface area (Å²) in [7, 11) is 0. The highest BCUT2D eigenvalue weighted by Crippen LogP contribution is 2.34. The smallest absolute Gasteiger partial charge is 0.298 e. The van der Waals surface area contributed by atoms with Gasteiger partial charge in [0.15, 0.2) is 0 Å². The quantitative estimate of drug-likeness (QED) is 0.334. The summed E-state index contributed by atoms with van der Waals surface area (Å²) in [6.07, 6.45) is -3.29. The lowest BCUT2D eigenvalue weighted by atomic mass is 10.1. The standard InChI is InChI=1S/C29H27F3N4O/c1-21-26(17-23-11-6-3-7-12-23)27(37)36-20-34(16-15-22-9-4-2-5-10-22)19-35(28(36)33-21)25-14-8-13-24(18-25)29(30,31)32/h2-14,18H,15-17,19-20H2,1H3. The topological polar surface area (TPSA) is 41.4 Å². The van der Waals surface area contributed by atoms with Gasteiger partial charge >= 0.3 is 6.18 Å². The predicted octanol–water partition coefficient (Wildman–Crippen LogP) is 5.77. The van der Waals surface area contributed by atoms with Gasteiger partial charge in [-0.1, -0.05) is 66.7 Å². The highest BCUT2D eigenvalue weighted by Gasteiger charge is 2.33. The van der Waals surface area contributed by atoms with Crippen molar-refractivity contribution in [2.45, 2.75) is 32.6 Å². The number of hydrogen-bond donors (Lipinski definition) is 0. The number of rotatable bonds is 6. The third kappa shape index (κ3) is 5.44. The van der Waals surface area contributed by atoms with Gasteiger partial charge in [0.1, 0.15) is 0 Å². The number of halogens is 3. The zero-order valence-electron chi connectivity index (χ0n) is 20.4. The molecular formula is C29H27F3N4O. The van der Waals surface area contributed by atoms with E-state index < -0.39 is 11.7 Å². The minimum absolute atomic E-state index is 0.173. The van der Waals surface area contributed by atoms with Crippen molar-refractivity contribution < 1.29 is 13.2 Å². The average Bonchev–Trinajstić information content (AvgIpc) is 2.90. The van der Waals surface area contributed by atoms with E-state index >= 15 is 0 Å². The molecule has 0 saturated heterocycles. The SMILES string of the molecule is Cc1nc2n(c(=O)c1Cc1ccccc1)CN(CCc1ccccc1)CN2c1cccc(C(F)(F)F)c1. The third-order valence-corrected chi connectivity index (χ3v) is 6.64. The molecule has 3 aromatic carbocycles. The van der Waals surface area contributed by atoms with Gasteiger partial charge in [0.2, 0.25) is 5.95 Å². The van der Waals surface area contributed by atoms with Crippen LogP contribution in [0.1, 0.15) is 27.9 Å². The van der Waals surface area contributed by atoms with Crippen LogP contribution in [0.5, 0.6) is 0 Å². The third-order valence-electron chi connectivity index (χ3n) is 6.64. The molecule has 8 heteroatoms. The van der Waals surface area contributed by atoms with Crippen LogP contribution in [0.3, 0.4) is 0 Å². The van der Waals surface area contributed by atoms with Crippen molar-refractivity contribution in [3.8, 4) is 0 Å². The Labute approximate surface area is 213 Å². The van der Waals surface area contributed by atoms with Gasteiger partial charge in [0, 0.05) is 24.2 Å². The van der Waals surface area contributed by atoms with Crippen LogP contribution in [-0.2, 0) is 25.7 Å². The Bertz CT molecular complexity index is 1440. The molecule has 0 saturated carbocycles. The summed E-state index contributed by atoms with van der Waals surface area (Å²) < 4.78 is 42.1. The zero-order chi connectivity index (χ0) is 26.0. The fraction of sp³-hybridized carbons (Fsp3) is 0.241. The van der Waals surface area contributed by atoms with Crippen molar-refractivity contribution in [2.75, 3.05) is 18.1 Å². The summed E-state index contributed by atoms with van der Waals surface area (Å²) in [6, 6.07) is 24.9. The largest absolute Gasteiger partial charge is 0.416 e. The maximum absolute atomic E-state index is 13.8. The van der Waals surface area contributed by atoms with Gasteiger partial charge in [0.05, 0.1) is 24.6 Å². The van der Waals surface area contributed by atoms with E-state index in [0.717, 1.165) is 29.7 Å². The molecule has 1 aliphatic heterocycles. The van der Waals surface area contributed by atoms with Gasteiger partial charge in [-0.15, -0.1) is 0 Å². The van der Waals surface area contributed by atoms with Crippen LogP contribution < -0.4 is 10.5 Å². The molecule has 190 valence electrons. The lowest BCUT2D eigenvalue weighted by Gasteiger charge is -2.38. The molecule has 0 amide bonds. The minimum atomic E-state index is -4.47. The van der Waals surface area contributed by atoms with E-state index in [1.165, 1.54) is 6.07 Å². The Morgan fingerprint density at radius 2 is 1.54 bits per heavy atom. The average molecular weight is 505 g/mol. The molecule has 1 aromatic heterocycles. The summed E-state index contributed by atoms with van der Waals surface area (Å²) in [4.78, 5) is 22.3. The first-order valence-corrected chi connectivity index (χ1v) is 12.1. The molecule has 0 spiro atoms. The lowest BCUT2D eigenvalue weighted by molar-refractivity contribution is -0.137. The Hall–Kier alpha value is -3.91. The Balaban J connectivity index is 1.55. The van der Waals surface area contributed by atoms with Gasteiger partial charge in [-0.3, -0.25) is 19.2 Å². The number of anilines is 2. The molecule has 0 aliphatic carbocycles. The number of aromatic nitrogens is 2. The summed E-state index contributed by atoms with van der Waals surface area (Å²) in [6.45, 7) is 3.05. The van der Waals surface area contributed by atoms with Gasteiger partial charge < -0.3 is 0 Å². The first-order valence-electron chi connectivity index (χ1n) is 12.1. The summed E-state index contributed by atoms with van der Waals surface area (Å²) in [5.74, 6) is 0.356. The van der Waals surface area contributed by atoms with Gasteiger partial charge in [0.25, 0.3) is 5.56 Å². The number of nitrogens with zero attached hydrogens (tertiary/aromatic N) is 4. The molecule has 0 radical (unpaired) electrons. The molecule has 1 aliphatic rings. The number of benzene rings is 3. The molecular weight excluding hydrogens is 477 g/mol. The van der Waals surface area contributed by atoms with Gasteiger partial charge in [-0.25, -0.2) is 4.98 Å². The fourth-order valence-electron chi connectivity index (χ4n) is 4.65. The Kier molecular flexibility index (Phi) is 6.84. The maximum atomic E-state index is 13.8. The van der Waals surface area contributed by atoms with E-state index in [1.54, 1.807) is 22.5 Å². The minimum Gasteiger partial charge on any atom is -0.298 e. The van der Waals surface area contributed by atoms with Gasteiger partial charge in [-0.05, 0) is 42.7 Å². The molecule has 4 aromatic rings. The van der Waals surface area contributed by atoms with Crippen LogP contribution >= 0.6 is 0 Å². The van der Waals surface area contributed by atoms with Crippen molar-refractivity contribution in [2.24, 2.45) is 0 Å². The second kappa shape index (κ2) is 10.2. The van der Waals surface area contributed by atoms with Crippen LogP contribution in [0, 0.1) is 6.92 Å². The van der Waals surface area contributed by atoms with E-state index in [0.29, 0.717) is 49.2 Å². The first kappa shape index (κ1) is 24.8. The summed E-state index contributed by atoms with van der Waals surface area (Å²) in [5, 5.41) is 0. The predicted molar refractivity (Wildman–Crippen MR) is 138 cm³/mol. The van der Waals surface area contributed by atoms with Crippen LogP contribution in [0.4, 0.5) is 24.8 Å². The van der Waals surface area contributed by atoms with Crippen molar-refractivity contribution >= 4 is 11.6 Å². The highest BCUT2D eigenvalue weighted by atomic mass is 19.4. The van der Waals surface area contributed by atoms with E-state index in [-0.39, 0.29) is 5.56 Å². The number of aryl methyl sites for hydroxylation is 1. The fourth-order valence-corrected chi connectivity index (χ4v) is 4.65. The number of fused-ring (bicyclic) bond motifs is 1. The molecule has 0 bridgehead atoms.